The highest BCUT2D eigenvalue weighted by molar-refractivity contribution is 7.99. The van der Waals surface area contributed by atoms with Crippen LogP contribution in [-0.2, 0) is 28.6 Å². The predicted octanol–water partition coefficient (Wildman–Crippen LogP) is 3.91. The van der Waals surface area contributed by atoms with Gasteiger partial charge in [0.2, 0.25) is 0 Å². The summed E-state index contributed by atoms with van der Waals surface area (Å²) >= 11 is 1.25. The molecule has 4 rings (SSSR count). The molecule has 1 fully saturated rings. The highest BCUT2D eigenvalue weighted by Gasteiger charge is 2.47. The van der Waals surface area contributed by atoms with Crippen molar-refractivity contribution in [3.8, 4) is 5.75 Å². The smallest absolute Gasteiger partial charge is 0.303 e. The van der Waals surface area contributed by atoms with E-state index in [1.54, 1.807) is 42.5 Å². The summed E-state index contributed by atoms with van der Waals surface area (Å²) in [4.78, 5) is 48.3. The fraction of sp³-hybridized carbons (Fsp3) is 0.308. The summed E-state index contributed by atoms with van der Waals surface area (Å²) in [5.74, 6) is -1.37. The van der Waals surface area contributed by atoms with Gasteiger partial charge in [-0.05, 0) is 18.2 Å². The molecule has 1 aromatic heterocycles. The van der Waals surface area contributed by atoms with Gasteiger partial charge in [-0.1, -0.05) is 30.3 Å². The molecule has 36 heavy (non-hydrogen) atoms. The Labute approximate surface area is 211 Å². The van der Waals surface area contributed by atoms with E-state index in [9.17, 15) is 19.2 Å². The number of hydrogen-bond acceptors (Lipinski definition) is 10. The monoisotopic (exact) mass is 512 g/mol. The summed E-state index contributed by atoms with van der Waals surface area (Å²) in [6, 6.07) is 13.8. The quantitative estimate of drug-likeness (QED) is 0.262. The molecule has 0 bridgehead atoms. The van der Waals surface area contributed by atoms with E-state index in [1.165, 1.54) is 38.8 Å². The van der Waals surface area contributed by atoms with Crippen molar-refractivity contribution in [3.63, 3.8) is 0 Å². The first kappa shape index (κ1) is 25.3. The van der Waals surface area contributed by atoms with Gasteiger partial charge in [-0.25, -0.2) is 0 Å². The van der Waals surface area contributed by atoms with Crippen LogP contribution in [0.1, 0.15) is 36.7 Å². The number of hydrogen-bond donors (Lipinski definition) is 0. The normalized spacial score (nSPS) is 21.4. The second kappa shape index (κ2) is 10.9. The molecule has 0 unspecified atom stereocenters. The van der Waals surface area contributed by atoms with Crippen LogP contribution in [0.2, 0.25) is 0 Å². The number of thioether (sulfide) groups is 1. The third kappa shape index (κ3) is 5.71. The predicted molar refractivity (Wildman–Crippen MR) is 130 cm³/mol. The summed E-state index contributed by atoms with van der Waals surface area (Å²) in [6.45, 7) is 3.68. The van der Waals surface area contributed by atoms with E-state index in [2.05, 4.69) is 0 Å². The van der Waals surface area contributed by atoms with Gasteiger partial charge in [-0.15, -0.1) is 11.8 Å². The lowest BCUT2D eigenvalue weighted by atomic mass is 10.0. The largest absolute Gasteiger partial charge is 0.476 e. The Kier molecular flexibility index (Phi) is 7.64. The zero-order chi connectivity index (χ0) is 25.8. The molecule has 0 saturated carbocycles. The SMILES string of the molecule is CC(=O)O[C@@H]1[C@@H](OC(C)=O)[C@H](OC(C)=O)CS[C@H]1Oc1ccc2occ(C(=O)c3ccccc3)c2c1. The van der Waals surface area contributed by atoms with E-state index in [0.29, 0.717) is 27.8 Å². The third-order valence-corrected chi connectivity index (χ3v) is 6.60. The maximum absolute atomic E-state index is 13.0. The van der Waals surface area contributed by atoms with E-state index in [1.807, 2.05) is 6.07 Å². The van der Waals surface area contributed by atoms with Crippen LogP contribution in [0.15, 0.2) is 59.2 Å². The molecule has 0 amide bonds. The number of carbonyl (C=O) groups is 4. The van der Waals surface area contributed by atoms with Crippen LogP contribution in [0, 0.1) is 0 Å². The van der Waals surface area contributed by atoms with Crippen molar-refractivity contribution >= 4 is 46.4 Å². The first-order valence-corrected chi connectivity index (χ1v) is 12.2. The number of rotatable bonds is 7. The number of ether oxygens (including phenoxy) is 4. The maximum Gasteiger partial charge on any atom is 0.303 e. The number of esters is 3. The molecule has 0 aliphatic carbocycles. The van der Waals surface area contributed by atoms with Gasteiger partial charge < -0.3 is 23.4 Å². The van der Waals surface area contributed by atoms with Gasteiger partial charge in [-0.2, -0.15) is 0 Å². The van der Waals surface area contributed by atoms with Crippen molar-refractivity contribution in [2.75, 3.05) is 5.75 Å². The summed E-state index contributed by atoms with van der Waals surface area (Å²) in [7, 11) is 0. The van der Waals surface area contributed by atoms with Crippen molar-refractivity contribution in [3.05, 3.63) is 65.9 Å². The molecule has 1 aliphatic rings. The van der Waals surface area contributed by atoms with Crippen LogP contribution in [0.3, 0.4) is 0 Å². The molecule has 1 aliphatic heterocycles. The maximum atomic E-state index is 13.0. The van der Waals surface area contributed by atoms with Crippen LogP contribution in [-0.4, -0.2) is 53.2 Å². The van der Waals surface area contributed by atoms with Crippen LogP contribution in [0.25, 0.3) is 11.0 Å². The van der Waals surface area contributed by atoms with Gasteiger partial charge in [0.1, 0.15) is 17.6 Å². The molecule has 4 atom stereocenters. The molecule has 2 heterocycles. The number of benzene rings is 2. The van der Waals surface area contributed by atoms with Gasteiger partial charge in [0.15, 0.2) is 29.5 Å². The van der Waals surface area contributed by atoms with E-state index in [-0.39, 0.29) is 11.5 Å². The molecule has 0 N–H and O–H groups in total. The van der Waals surface area contributed by atoms with Gasteiger partial charge in [-0.3, -0.25) is 19.2 Å². The molecule has 0 spiro atoms. The Morgan fingerprint density at radius 3 is 2.19 bits per heavy atom. The molecule has 9 nitrogen and oxygen atoms in total. The number of ketones is 1. The molecule has 1 saturated heterocycles. The van der Waals surface area contributed by atoms with Gasteiger partial charge in [0, 0.05) is 37.5 Å². The zero-order valence-electron chi connectivity index (χ0n) is 19.8. The highest BCUT2D eigenvalue weighted by Crippen LogP contribution is 2.36. The van der Waals surface area contributed by atoms with E-state index in [4.69, 9.17) is 23.4 Å². The molecule has 0 radical (unpaired) electrons. The van der Waals surface area contributed by atoms with Crippen molar-refractivity contribution in [1.82, 2.24) is 0 Å². The average molecular weight is 513 g/mol. The Hall–Kier alpha value is -3.79. The Bertz CT molecular complexity index is 1280. The minimum absolute atomic E-state index is 0.199. The summed E-state index contributed by atoms with van der Waals surface area (Å²) < 4.78 is 27.9. The number of carbonyl (C=O) groups excluding carboxylic acids is 4. The zero-order valence-corrected chi connectivity index (χ0v) is 20.6. The summed E-state index contributed by atoms with van der Waals surface area (Å²) in [5.41, 5.74) is 0.608. The van der Waals surface area contributed by atoms with E-state index >= 15 is 0 Å². The first-order valence-electron chi connectivity index (χ1n) is 11.1. The first-order chi connectivity index (χ1) is 17.2. The Morgan fingerprint density at radius 2 is 1.53 bits per heavy atom. The average Bonchev–Trinajstić information content (AvgIpc) is 3.25. The van der Waals surface area contributed by atoms with E-state index < -0.39 is 41.7 Å². The second-order valence-electron chi connectivity index (χ2n) is 8.12. The number of fused-ring (bicyclic) bond motifs is 1. The minimum atomic E-state index is -1.06. The van der Waals surface area contributed by atoms with E-state index in [0.717, 1.165) is 0 Å². The second-order valence-corrected chi connectivity index (χ2v) is 9.25. The molecule has 2 aromatic carbocycles. The van der Waals surface area contributed by atoms with Crippen molar-refractivity contribution < 1.29 is 42.5 Å². The fourth-order valence-electron chi connectivity index (χ4n) is 3.95. The van der Waals surface area contributed by atoms with Crippen molar-refractivity contribution in [2.45, 2.75) is 44.5 Å². The molecule has 188 valence electrons. The van der Waals surface area contributed by atoms with Crippen molar-refractivity contribution in [1.29, 1.82) is 0 Å². The van der Waals surface area contributed by atoms with Gasteiger partial charge in [0.25, 0.3) is 0 Å². The van der Waals surface area contributed by atoms with Crippen LogP contribution in [0.5, 0.6) is 5.75 Å². The highest BCUT2D eigenvalue weighted by atomic mass is 32.2. The van der Waals surface area contributed by atoms with Gasteiger partial charge >= 0.3 is 17.9 Å². The summed E-state index contributed by atoms with van der Waals surface area (Å²) in [5, 5.41) is 0.556. The summed E-state index contributed by atoms with van der Waals surface area (Å²) in [6.07, 6.45) is -1.54. The standard InChI is InChI=1S/C26H24O9S/c1-14(27)32-22-13-36-26(25(34-16(3)29)24(22)33-15(2)28)35-18-9-10-21-19(11-18)20(12-31-21)23(30)17-7-5-4-6-8-17/h4-12,22,24-26H,13H2,1-3H3/t22-,24+,25-,26-/m1/s1. The molecule has 10 heteroatoms. The third-order valence-electron chi connectivity index (χ3n) is 5.38. The lowest BCUT2D eigenvalue weighted by Crippen LogP contribution is -2.55. The molecular weight excluding hydrogens is 488 g/mol. The Morgan fingerprint density at radius 1 is 0.861 bits per heavy atom. The van der Waals surface area contributed by atoms with Crippen LogP contribution in [0.4, 0.5) is 0 Å². The number of furan rings is 1. The lowest BCUT2D eigenvalue weighted by Gasteiger charge is -2.39. The van der Waals surface area contributed by atoms with Gasteiger partial charge in [0.05, 0.1) is 5.56 Å². The van der Waals surface area contributed by atoms with Crippen LogP contribution >= 0.6 is 11.8 Å². The molecule has 3 aromatic rings. The molecular formula is C26H24O9S. The van der Waals surface area contributed by atoms with Crippen LogP contribution < -0.4 is 4.74 Å². The Balaban J connectivity index is 1.63. The topological polar surface area (TPSA) is 118 Å². The lowest BCUT2D eigenvalue weighted by molar-refractivity contribution is -0.186. The van der Waals surface area contributed by atoms with Crippen molar-refractivity contribution in [2.24, 2.45) is 0 Å². The fourth-order valence-corrected chi connectivity index (χ4v) is 5.16. The minimum Gasteiger partial charge on any atom is -0.476 e.